The zero-order valence-electron chi connectivity index (χ0n) is 14.4. The van der Waals surface area contributed by atoms with E-state index in [-0.39, 0.29) is 16.8 Å². The third-order valence-electron chi connectivity index (χ3n) is 4.17. The van der Waals surface area contributed by atoms with Crippen LogP contribution in [0.5, 0.6) is 0 Å². The van der Waals surface area contributed by atoms with Gasteiger partial charge in [0.25, 0.3) is 5.69 Å². The highest BCUT2D eigenvalue weighted by atomic mass is 32.2. The highest BCUT2D eigenvalue weighted by molar-refractivity contribution is 7.90. The molecule has 0 spiro atoms. The first-order valence-corrected chi connectivity index (χ1v) is 10.1. The van der Waals surface area contributed by atoms with Crippen LogP contribution in [0.4, 0.5) is 11.4 Å². The van der Waals surface area contributed by atoms with Gasteiger partial charge < -0.3 is 10.2 Å². The first-order valence-electron chi connectivity index (χ1n) is 8.25. The molecule has 1 saturated heterocycles. The van der Waals surface area contributed by atoms with Gasteiger partial charge in [0.1, 0.15) is 4.90 Å². The van der Waals surface area contributed by atoms with E-state index in [9.17, 15) is 23.3 Å². The fourth-order valence-electron chi connectivity index (χ4n) is 3.00. The van der Waals surface area contributed by atoms with Gasteiger partial charge in [-0.2, -0.15) is 0 Å². The van der Waals surface area contributed by atoms with E-state index in [2.05, 4.69) is 5.32 Å². The molecule has 1 aromatic rings. The van der Waals surface area contributed by atoms with Crippen molar-refractivity contribution in [2.45, 2.75) is 43.5 Å². The number of nitrogens with zero attached hydrogens (tertiary/aromatic N) is 2. The van der Waals surface area contributed by atoms with E-state index in [4.69, 9.17) is 0 Å². The van der Waals surface area contributed by atoms with E-state index >= 15 is 0 Å². The van der Waals surface area contributed by atoms with Crippen molar-refractivity contribution in [1.29, 1.82) is 0 Å². The van der Waals surface area contributed by atoms with Crippen LogP contribution in [0.25, 0.3) is 0 Å². The minimum absolute atomic E-state index is 0.00914. The zero-order valence-corrected chi connectivity index (χ0v) is 15.2. The minimum Gasteiger partial charge on any atom is -0.369 e. The number of benzene rings is 1. The summed E-state index contributed by atoms with van der Waals surface area (Å²) in [5.74, 6) is 0.00914. The third-order valence-corrected chi connectivity index (χ3v) is 5.29. The highest BCUT2D eigenvalue weighted by Gasteiger charge is 2.26. The van der Waals surface area contributed by atoms with Crippen LogP contribution < -0.4 is 10.2 Å². The van der Waals surface area contributed by atoms with Gasteiger partial charge in [0.15, 0.2) is 9.84 Å². The summed E-state index contributed by atoms with van der Waals surface area (Å²) in [5.41, 5.74) is 0.191. The lowest BCUT2D eigenvalue weighted by molar-refractivity contribution is -0.387. The Morgan fingerprint density at radius 1 is 1.44 bits per heavy atom. The summed E-state index contributed by atoms with van der Waals surface area (Å²) in [5, 5.41) is 14.1. The number of hydrogen-bond acceptors (Lipinski definition) is 6. The Bertz CT molecular complexity index is 763. The summed E-state index contributed by atoms with van der Waals surface area (Å²) < 4.78 is 23.8. The van der Waals surface area contributed by atoms with E-state index in [1.807, 2.05) is 11.8 Å². The zero-order chi connectivity index (χ0) is 18.6. The lowest BCUT2D eigenvalue weighted by Crippen LogP contribution is -2.47. The van der Waals surface area contributed by atoms with Crippen molar-refractivity contribution in [3.05, 3.63) is 28.3 Å². The Kier molecular flexibility index (Phi) is 5.99. The molecule has 1 aliphatic rings. The van der Waals surface area contributed by atoms with Gasteiger partial charge in [-0.15, -0.1) is 0 Å². The molecule has 1 amide bonds. The van der Waals surface area contributed by atoms with Crippen LogP contribution in [0, 0.1) is 10.1 Å². The average Bonchev–Trinajstić information content (AvgIpc) is 2.54. The van der Waals surface area contributed by atoms with Gasteiger partial charge in [0.05, 0.1) is 4.92 Å². The Morgan fingerprint density at radius 2 is 2.16 bits per heavy atom. The standard InChI is InChI=1S/C16H23N3O5S/c1-3-5-16(20)17-12-6-4-9-18(11-12)13-7-8-14(19(21)22)15(10-13)25(2,23)24/h7-8,10,12H,3-6,9,11H2,1-2H3,(H,17,20). The van der Waals surface area contributed by atoms with Crippen molar-refractivity contribution in [2.75, 3.05) is 24.2 Å². The number of nitro groups is 1. The van der Waals surface area contributed by atoms with E-state index in [0.717, 1.165) is 25.5 Å². The van der Waals surface area contributed by atoms with Gasteiger partial charge in [-0.1, -0.05) is 6.92 Å². The highest BCUT2D eigenvalue weighted by Crippen LogP contribution is 2.30. The molecule has 2 rings (SSSR count). The van der Waals surface area contributed by atoms with Gasteiger partial charge >= 0.3 is 0 Å². The van der Waals surface area contributed by atoms with Crippen molar-refractivity contribution in [1.82, 2.24) is 5.32 Å². The normalized spacial score (nSPS) is 18.0. The molecule has 1 N–H and O–H groups in total. The SMILES string of the molecule is CCCC(=O)NC1CCCN(c2ccc([N+](=O)[O-])c(S(C)(=O)=O)c2)C1. The van der Waals surface area contributed by atoms with Crippen LogP contribution in [-0.4, -0.2) is 44.6 Å². The number of piperidine rings is 1. The number of carbonyl (C=O) groups is 1. The van der Waals surface area contributed by atoms with Gasteiger partial charge in [0, 0.05) is 43.6 Å². The molecule has 1 fully saturated rings. The summed E-state index contributed by atoms with van der Waals surface area (Å²) in [6.07, 6.45) is 3.93. The maximum atomic E-state index is 11.9. The first kappa shape index (κ1) is 19.2. The molecule has 1 atom stereocenters. The quantitative estimate of drug-likeness (QED) is 0.606. The molecule has 0 saturated carbocycles. The van der Waals surface area contributed by atoms with Crippen molar-refractivity contribution in [3.8, 4) is 0 Å². The second-order valence-electron chi connectivity index (χ2n) is 6.28. The van der Waals surface area contributed by atoms with Crippen LogP contribution in [0.3, 0.4) is 0 Å². The maximum Gasteiger partial charge on any atom is 0.288 e. The van der Waals surface area contributed by atoms with Crippen molar-refractivity contribution < 1.29 is 18.1 Å². The Labute approximate surface area is 147 Å². The van der Waals surface area contributed by atoms with Gasteiger partial charge in [-0.05, 0) is 31.4 Å². The summed E-state index contributed by atoms with van der Waals surface area (Å²) in [4.78, 5) is 23.8. The van der Waals surface area contributed by atoms with E-state index in [1.54, 1.807) is 6.07 Å². The Morgan fingerprint density at radius 3 is 2.76 bits per heavy atom. The minimum atomic E-state index is -3.72. The Hall–Kier alpha value is -2.16. The smallest absolute Gasteiger partial charge is 0.288 e. The molecule has 0 aromatic heterocycles. The van der Waals surface area contributed by atoms with Crippen molar-refractivity contribution in [3.63, 3.8) is 0 Å². The van der Waals surface area contributed by atoms with E-state index in [0.29, 0.717) is 25.2 Å². The Balaban J connectivity index is 2.23. The fourth-order valence-corrected chi connectivity index (χ4v) is 3.86. The van der Waals surface area contributed by atoms with Crippen LogP contribution in [0.2, 0.25) is 0 Å². The first-order chi connectivity index (χ1) is 11.7. The third kappa shape index (κ3) is 4.91. The molecule has 1 heterocycles. The molecule has 1 unspecified atom stereocenters. The molecule has 0 bridgehead atoms. The van der Waals surface area contributed by atoms with Crippen molar-refractivity contribution >= 4 is 27.1 Å². The molecule has 8 nitrogen and oxygen atoms in total. The average molecular weight is 369 g/mol. The number of nitrogens with one attached hydrogen (secondary N) is 1. The number of sulfone groups is 1. The summed E-state index contributed by atoms with van der Waals surface area (Å²) in [6, 6.07) is 4.13. The van der Waals surface area contributed by atoms with Crippen LogP contribution in [-0.2, 0) is 14.6 Å². The van der Waals surface area contributed by atoms with Crippen LogP contribution in [0.15, 0.2) is 23.1 Å². The fraction of sp³-hybridized carbons (Fsp3) is 0.562. The topological polar surface area (TPSA) is 110 Å². The van der Waals surface area contributed by atoms with Gasteiger partial charge in [-0.3, -0.25) is 14.9 Å². The van der Waals surface area contributed by atoms with Crippen LogP contribution in [0.1, 0.15) is 32.6 Å². The lowest BCUT2D eigenvalue weighted by Gasteiger charge is -2.35. The second-order valence-corrected chi connectivity index (χ2v) is 8.27. The molecular weight excluding hydrogens is 346 g/mol. The van der Waals surface area contributed by atoms with E-state index in [1.165, 1.54) is 12.1 Å². The van der Waals surface area contributed by atoms with Gasteiger partial charge in [0.2, 0.25) is 5.91 Å². The largest absolute Gasteiger partial charge is 0.369 e. The number of anilines is 1. The monoisotopic (exact) mass is 369 g/mol. The predicted molar refractivity (Wildman–Crippen MR) is 94.5 cm³/mol. The molecule has 25 heavy (non-hydrogen) atoms. The predicted octanol–water partition coefficient (Wildman–Crippen LogP) is 1.88. The molecular formula is C16H23N3O5S. The summed E-state index contributed by atoms with van der Waals surface area (Å²) in [7, 11) is -3.72. The number of rotatable bonds is 6. The van der Waals surface area contributed by atoms with Crippen LogP contribution >= 0.6 is 0 Å². The number of hydrogen-bond donors (Lipinski definition) is 1. The molecule has 0 radical (unpaired) electrons. The lowest BCUT2D eigenvalue weighted by atomic mass is 10.0. The van der Waals surface area contributed by atoms with Crippen molar-refractivity contribution in [2.24, 2.45) is 0 Å². The number of nitro benzene ring substituents is 1. The summed E-state index contributed by atoms with van der Waals surface area (Å²) in [6.45, 7) is 3.20. The molecule has 9 heteroatoms. The molecule has 1 aliphatic heterocycles. The summed E-state index contributed by atoms with van der Waals surface area (Å²) >= 11 is 0. The molecule has 138 valence electrons. The molecule has 1 aromatic carbocycles. The maximum absolute atomic E-state index is 11.9. The second kappa shape index (κ2) is 7.81. The number of carbonyl (C=O) groups excluding carboxylic acids is 1. The number of amides is 1. The van der Waals surface area contributed by atoms with E-state index < -0.39 is 20.4 Å². The molecule has 0 aliphatic carbocycles. The van der Waals surface area contributed by atoms with Gasteiger partial charge in [-0.25, -0.2) is 8.42 Å².